The van der Waals surface area contributed by atoms with Gasteiger partial charge in [0.2, 0.25) is 0 Å². The van der Waals surface area contributed by atoms with E-state index in [4.69, 9.17) is 17.0 Å². The van der Waals surface area contributed by atoms with E-state index in [2.05, 4.69) is 24.4 Å². The van der Waals surface area contributed by atoms with Crippen molar-refractivity contribution in [3.8, 4) is 0 Å². The van der Waals surface area contributed by atoms with E-state index >= 15 is 0 Å². The molecule has 1 heterocycles. The monoisotopic (exact) mass is 340 g/mol. The molecule has 2 aromatic rings. The maximum absolute atomic E-state index is 12.3. The molecule has 1 aliphatic rings. The van der Waals surface area contributed by atoms with E-state index in [0.717, 1.165) is 5.56 Å². The molecule has 0 radical (unpaired) electrons. The van der Waals surface area contributed by atoms with Gasteiger partial charge in [-0.15, -0.1) is 0 Å². The number of hydrogen-bond acceptors (Lipinski definition) is 3. The lowest BCUT2D eigenvalue weighted by Crippen LogP contribution is -2.53. The SMILES string of the molecule is C[C@@H]1[C@@H](c2ccccc2)OCCN1C(=S)NC(=O)c1ccccc1. The van der Waals surface area contributed by atoms with Crippen molar-refractivity contribution < 1.29 is 9.53 Å². The first-order valence-corrected chi connectivity index (χ1v) is 8.41. The number of nitrogens with one attached hydrogen (secondary N) is 1. The van der Waals surface area contributed by atoms with E-state index in [1.165, 1.54) is 0 Å². The maximum Gasteiger partial charge on any atom is 0.257 e. The molecule has 2 aromatic carbocycles. The van der Waals surface area contributed by atoms with Crippen molar-refractivity contribution in [2.75, 3.05) is 13.2 Å². The third kappa shape index (κ3) is 3.63. The smallest absolute Gasteiger partial charge is 0.257 e. The topological polar surface area (TPSA) is 41.6 Å². The molecule has 124 valence electrons. The summed E-state index contributed by atoms with van der Waals surface area (Å²) in [5, 5.41) is 3.28. The zero-order valence-electron chi connectivity index (χ0n) is 13.5. The van der Waals surface area contributed by atoms with Crippen molar-refractivity contribution in [1.29, 1.82) is 0 Å². The summed E-state index contributed by atoms with van der Waals surface area (Å²) < 4.78 is 5.93. The van der Waals surface area contributed by atoms with Crippen LogP contribution < -0.4 is 5.32 Å². The largest absolute Gasteiger partial charge is 0.370 e. The van der Waals surface area contributed by atoms with Gasteiger partial charge in [-0.1, -0.05) is 48.5 Å². The lowest BCUT2D eigenvalue weighted by atomic mass is 10.0. The minimum Gasteiger partial charge on any atom is -0.370 e. The highest BCUT2D eigenvalue weighted by atomic mass is 32.1. The van der Waals surface area contributed by atoms with Crippen molar-refractivity contribution in [1.82, 2.24) is 10.2 Å². The number of thiocarbonyl (C=S) groups is 1. The predicted molar refractivity (Wildman–Crippen MR) is 97.8 cm³/mol. The van der Waals surface area contributed by atoms with E-state index in [-0.39, 0.29) is 18.1 Å². The van der Waals surface area contributed by atoms with Gasteiger partial charge in [0.05, 0.1) is 12.6 Å². The van der Waals surface area contributed by atoms with Gasteiger partial charge in [-0.05, 0) is 36.8 Å². The Morgan fingerprint density at radius 3 is 2.42 bits per heavy atom. The predicted octanol–water partition coefficient (Wildman–Crippen LogP) is 3.16. The van der Waals surface area contributed by atoms with Gasteiger partial charge < -0.3 is 9.64 Å². The number of nitrogens with zero attached hydrogens (tertiary/aromatic N) is 1. The summed E-state index contributed by atoms with van der Waals surface area (Å²) in [5.41, 5.74) is 1.72. The first kappa shape index (κ1) is 16.6. The average molecular weight is 340 g/mol. The van der Waals surface area contributed by atoms with Crippen molar-refractivity contribution in [2.24, 2.45) is 0 Å². The van der Waals surface area contributed by atoms with Gasteiger partial charge in [-0.2, -0.15) is 0 Å². The van der Waals surface area contributed by atoms with Crippen LogP contribution in [0.4, 0.5) is 0 Å². The molecule has 1 amide bonds. The lowest BCUT2D eigenvalue weighted by molar-refractivity contribution is -0.0413. The minimum atomic E-state index is -0.185. The van der Waals surface area contributed by atoms with Gasteiger partial charge in [0.1, 0.15) is 6.10 Å². The fraction of sp³-hybridized carbons (Fsp3) is 0.263. The molecule has 0 spiro atoms. The quantitative estimate of drug-likeness (QED) is 0.853. The third-order valence-corrected chi connectivity index (χ3v) is 4.54. The lowest BCUT2D eigenvalue weighted by Gasteiger charge is -2.40. The van der Waals surface area contributed by atoms with Crippen molar-refractivity contribution in [2.45, 2.75) is 19.1 Å². The normalized spacial score (nSPS) is 20.5. The van der Waals surface area contributed by atoms with Gasteiger partial charge in [-0.25, -0.2) is 0 Å². The fourth-order valence-corrected chi connectivity index (χ4v) is 3.27. The van der Waals surface area contributed by atoms with Crippen LogP contribution in [0.3, 0.4) is 0 Å². The molecule has 1 fully saturated rings. The molecule has 5 heteroatoms. The molecule has 4 nitrogen and oxygen atoms in total. The molecule has 0 saturated carbocycles. The summed E-state index contributed by atoms with van der Waals surface area (Å²) in [6.07, 6.45) is -0.0634. The second kappa shape index (κ2) is 7.55. The van der Waals surface area contributed by atoms with Gasteiger partial charge in [0.15, 0.2) is 5.11 Å². The molecule has 0 aliphatic carbocycles. The average Bonchev–Trinajstić information content (AvgIpc) is 2.63. The van der Waals surface area contributed by atoms with E-state index in [0.29, 0.717) is 23.8 Å². The summed E-state index contributed by atoms with van der Waals surface area (Å²) in [6.45, 7) is 3.31. The van der Waals surface area contributed by atoms with Crippen LogP contribution >= 0.6 is 12.2 Å². The number of rotatable bonds is 2. The fourth-order valence-electron chi connectivity index (χ4n) is 2.92. The Bertz CT molecular complexity index is 706. The number of carbonyl (C=O) groups is 1. The van der Waals surface area contributed by atoms with Crippen molar-refractivity contribution in [3.63, 3.8) is 0 Å². The zero-order valence-corrected chi connectivity index (χ0v) is 14.3. The molecule has 1 N–H and O–H groups in total. The highest BCUT2D eigenvalue weighted by Gasteiger charge is 2.31. The molecule has 2 atom stereocenters. The van der Waals surface area contributed by atoms with Crippen molar-refractivity contribution >= 4 is 23.2 Å². The van der Waals surface area contributed by atoms with Crippen LogP contribution in [0, 0.1) is 0 Å². The number of morpholine rings is 1. The number of carbonyl (C=O) groups excluding carboxylic acids is 1. The van der Waals surface area contributed by atoms with Crippen LogP contribution in [0.5, 0.6) is 0 Å². The Morgan fingerprint density at radius 1 is 1.12 bits per heavy atom. The van der Waals surface area contributed by atoms with Crippen LogP contribution in [0.15, 0.2) is 60.7 Å². The molecule has 1 saturated heterocycles. The summed E-state index contributed by atoms with van der Waals surface area (Å²) >= 11 is 5.47. The molecular formula is C19H20N2O2S. The molecular weight excluding hydrogens is 320 g/mol. The van der Waals surface area contributed by atoms with E-state index < -0.39 is 0 Å². The minimum absolute atomic E-state index is 0.0460. The van der Waals surface area contributed by atoms with Crippen LogP contribution in [0.2, 0.25) is 0 Å². The van der Waals surface area contributed by atoms with Gasteiger partial charge in [0.25, 0.3) is 5.91 Å². The number of hydrogen-bond donors (Lipinski definition) is 1. The Hall–Kier alpha value is -2.24. The van der Waals surface area contributed by atoms with Crippen molar-refractivity contribution in [3.05, 3.63) is 71.8 Å². The van der Waals surface area contributed by atoms with E-state index in [1.807, 2.05) is 41.3 Å². The second-order valence-corrected chi connectivity index (χ2v) is 6.15. The number of benzene rings is 2. The third-order valence-electron chi connectivity index (χ3n) is 4.20. The molecule has 24 heavy (non-hydrogen) atoms. The number of amides is 1. The first-order chi connectivity index (χ1) is 11.7. The summed E-state index contributed by atoms with van der Waals surface area (Å²) in [4.78, 5) is 14.3. The summed E-state index contributed by atoms with van der Waals surface area (Å²) in [5.74, 6) is -0.185. The standard InChI is InChI=1S/C19H20N2O2S/c1-14-17(15-8-4-2-5-9-15)23-13-12-21(14)19(24)20-18(22)16-10-6-3-7-11-16/h2-11,14,17H,12-13H2,1H3,(H,20,22,24)/t14-,17+/m1/s1. The van der Waals surface area contributed by atoms with Crippen LogP contribution in [0.1, 0.15) is 28.9 Å². The number of ether oxygens (including phenoxy) is 1. The Kier molecular flexibility index (Phi) is 5.23. The first-order valence-electron chi connectivity index (χ1n) is 8.00. The van der Waals surface area contributed by atoms with Gasteiger partial charge in [-0.3, -0.25) is 10.1 Å². The van der Waals surface area contributed by atoms with E-state index in [1.54, 1.807) is 12.1 Å². The van der Waals surface area contributed by atoms with Crippen LogP contribution in [-0.4, -0.2) is 35.1 Å². The molecule has 0 bridgehead atoms. The van der Waals surface area contributed by atoms with Gasteiger partial charge in [0, 0.05) is 12.1 Å². The second-order valence-electron chi connectivity index (χ2n) is 5.76. The Labute approximate surface area is 147 Å². The molecule has 3 rings (SSSR count). The Morgan fingerprint density at radius 2 is 1.75 bits per heavy atom. The zero-order chi connectivity index (χ0) is 16.9. The summed E-state index contributed by atoms with van der Waals surface area (Å²) in [6, 6.07) is 19.2. The maximum atomic E-state index is 12.3. The van der Waals surface area contributed by atoms with Crippen LogP contribution in [-0.2, 0) is 4.74 Å². The van der Waals surface area contributed by atoms with Gasteiger partial charge >= 0.3 is 0 Å². The molecule has 0 aromatic heterocycles. The van der Waals surface area contributed by atoms with Crippen LogP contribution in [0.25, 0.3) is 0 Å². The Balaban J connectivity index is 1.69. The highest BCUT2D eigenvalue weighted by Crippen LogP contribution is 2.28. The van der Waals surface area contributed by atoms with E-state index in [9.17, 15) is 4.79 Å². The molecule has 1 aliphatic heterocycles. The molecule has 0 unspecified atom stereocenters. The highest BCUT2D eigenvalue weighted by molar-refractivity contribution is 7.80. The summed E-state index contributed by atoms with van der Waals surface area (Å²) in [7, 11) is 0.